The fourth-order valence-electron chi connectivity index (χ4n) is 3.21. The minimum atomic E-state index is -0.211. The molecule has 0 radical (unpaired) electrons. The van der Waals surface area contributed by atoms with Crippen LogP contribution in [0.5, 0.6) is 0 Å². The maximum atomic E-state index is 14.6. The summed E-state index contributed by atoms with van der Waals surface area (Å²) in [6.07, 6.45) is 13.9. The lowest BCUT2D eigenvalue weighted by atomic mass is 9.91. The van der Waals surface area contributed by atoms with Gasteiger partial charge in [0, 0.05) is 12.1 Å². The van der Waals surface area contributed by atoms with Gasteiger partial charge in [-0.05, 0) is 67.9 Å². The molecule has 0 heterocycles. The van der Waals surface area contributed by atoms with E-state index in [4.69, 9.17) is 4.74 Å². The first-order valence-corrected chi connectivity index (χ1v) is 9.89. The zero-order valence-electron chi connectivity index (χ0n) is 16.4. The minimum Gasteiger partial charge on any atom is -0.496 e. The molecule has 142 valence electrons. The van der Waals surface area contributed by atoms with Crippen molar-refractivity contribution in [2.45, 2.75) is 58.8 Å². The molecule has 1 aromatic carbocycles. The Morgan fingerprint density at radius 1 is 1.15 bits per heavy atom. The molecule has 2 rings (SSSR count). The predicted molar refractivity (Wildman–Crippen MR) is 110 cm³/mol. The van der Waals surface area contributed by atoms with E-state index in [0.29, 0.717) is 5.69 Å². The molecule has 1 aromatic rings. The van der Waals surface area contributed by atoms with Gasteiger partial charge in [-0.25, -0.2) is 4.39 Å². The summed E-state index contributed by atoms with van der Waals surface area (Å²) in [5, 5.41) is 3.14. The fraction of sp³-hybridized carbons (Fsp3) is 0.478. The Morgan fingerprint density at radius 3 is 2.69 bits per heavy atom. The maximum Gasteiger partial charge on any atom is 0.146 e. The third-order valence-corrected chi connectivity index (χ3v) is 4.65. The van der Waals surface area contributed by atoms with Crippen molar-refractivity contribution in [1.29, 1.82) is 0 Å². The van der Waals surface area contributed by atoms with E-state index in [-0.39, 0.29) is 5.82 Å². The molecular weight excluding hydrogens is 325 g/mol. The first kappa shape index (κ1) is 20.3. The summed E-state index contributed by atoms with van der Waals surface area (Å²) in [6.45, 7) is 5.04. The second-order valence-corrected chi connectivity index (χ2v) is 6.73. The van der Waals surface area contributed by atoms with E-state index >= 15 is 0 Å². The van der Waals surface area contributed by atoms with Crippen LogP contribution in [0.25, 0.3) is 5.57 Å². The van der Waals surface area contributed by atoms with Crippen LogP contribution < -0.4 is 5.32 Å². The Hall–Kier alpha value is -2.03. The second-order valence-electron chi connectivity index (χ2n) is 6.73. The first-order chi connectivity index (χ1) is 12.7. The predicted octanol–water partition coefficient (Wildman–Crippen LogP) is 6.86. The van der Waals surface area contributed by atoms with Gasteiger partial charge < -0.3 is 10.1 Å². The van der Waals surface area contributed by atoms with Crippen LogP contribution in [-0.2, 0) is 4.74 Å². The molecule has 1 aliphatic carbocycles. The standard InChI is InChI=1S/C23H32FNO/c1-4-6-11-18-12-9-7-8-10-13-22(26-3)23(18)19-14-15-21(20(24)17-19)25-16-5-2/h10,12-15,17,25H,4-9,11,16H2,1-3H3/b13-10+,18-12?,23-22?. The Labute approximate surface area is 157 Å². The van der Waals surface area contributed by atoms with Gasteiger partial charge in [0.1, 0.15) is 11.6 Å². The summed E-state index contributed by atoms with van der Waals surface area (Å²) >= 11 is 0. The molecule has 3 heteroatoms. The minimum absolute atomic E-state index is 0.211. The highest BCUT2D eigenvalue weighted by atomic mass is 19.1. The molecule has 0 unspecified atom stereocenters. The molecule has 0 spiro atoms. The van der Waals surface area contributed by atoms with Crippen LogP contribution in [0.3, 0.4) is 0 Å². The van der Waals surface area contributed by atoms with Crippen molar-refractivity contribution in [2.75, 3.05) is 19.0 Å². The van der Waals surface area contributed by atoms with Gasteiger partial charge in [-0.3, -0.25) is 0 Å². The van der Waals surface area contributed by atoms with E-state index in [1.54, 1.807) is 13.2 Å². The monoisotopic (exact) mass is 357 g/mol. The molecule has 0 aromatic heterocycles. The first-order valence-electron chi connectivity index (χ1n) is 9.89. The summed E-state index contributed by atoms with van der Waals surface area (Å²) in [6, 6.07) is 5.48. The van der Waals surface area contributed by atoms with E-state index in [1.165, 1.54) is 5.57 Å². The van der Waals surface area contributed by atoms with Crippen molar-refractivity contribution >= 4 is 11.3 Å². The molecule has 26 heavy (non-hydrogen) atoms. The highest BCUT2D eigenvalue weighted by Crippen LogP contribution is 2.34. The SMILES string of the molecule is CCCCC1=CCCC/C=C/C(OC)=C1c1ccc(NCCC)c(F)c1. The van der Waals surface area contributed by atoms with Gasteiger partial charge in [0.2, 0.25) is 0 Å². The molecule has 0 saturated heterocycles. The number of nitrogens with one attached hydrogen (secondary N) is 1. The third kappa shape index (κ3) is 5.48. The topological polar surface area (TPSA) is 21.3 Å². The highest BCUT2D eigenvalue weighted by molar-refractivity contribution is 5.82. The van der Waals surface area contributed by atoms with Crippen LogP contribution in [0.2, 0.25) is 0 Å². The van der Waals surface area contributed by atoms with Gasteiger partial charge >= 0.3 is 0 Å². The number of methoxy groups -OCH3 is 1. The molecule has 1 aliphatic rings. The van der Waals surface area contributed by atoms with E-state index in [0.717, 1.165) is 68.4 Å². The van der Waals surface area contributed by atoms with Gasteiger partial charge in [-0.2, -0.15) is 0 Å². The Balaban J connectivity index is 2.49. The zero-order valence-corrected chi connectivity index (χ0v) is 16.4. The Bertz CT molecular complexity index is 673. The lowest BCUT2D eigenvalue weighted by Crippen LogP contribution is -2.03. The highest BCUT2D eigenvalue weighted by Gasteiger charge is 2.16. The van der Waals surface area contributed by atoms with Crippen LogP contribution in [0.15, 0.2) is 47.8 Å². The van der Waals surface area contributed by atoms with Crippen LogP contribution in [0, 0.1) is 5.82 Å². The second kappa shape index (κ2) is 10.8. The Kier molecular flexibility index (Phi) is 8.46. The summed E-state index contributed by atoms with van der Waals surface area (Å²) in [7, 11) is 1.70. The molecule has 0 aliphatic heterocycles. The lowest BCUT2D eigenvalue weighted by molar-refractivity contribution is 0.308. The van der Waals surface area contributed by atoms with Crippen LogP contribution in [0.4, 0.5) is 10.1 Å². The fourth-order valence-corrected chi connectivity index (χ4v) is 3.21. The number of unbranched alkanes of at least 4 members (excludes halogenated alkanes) is 1. The number of hydrogen-bond acceptors (Lipinski definition) is 2. The molecule has 0 fully saturated rings. The van der Waals surface area contributed by atoms with E-state index < -0.39 is 0 Å². The van der Waals surface area contributed by atoms with E-state index in [2.05, 4.69) is 31.3 Å². The summed E-state index contributed by atoms with van der Waals surface area (Å²) in [5.74, 6) is 0.612. The third-order valence-electron chi connectivity index (χ3n) is 4.65. The van der Waals surface area contributed by atoms with Crippen molar-refractivity contribution in [3.05, 3.63) is 59.1 Å². The summed E-state index contributed by atoms with van der Waals surface area (Å²) in [5.41, 5.74) is 3.74. The van der Waals surface area contributed by atoms with Gasteiger partial charge in [-0.15, -0.1) is 0 Å². The smallest absolute Gasteiger partial charge is 0.146 e. The van der Waals surface area contributed by atoms with Gasteiger partial charge in [0.05, 0.1) is 12.8 Å². The number of halogens is 1. The van der Waals surface area contributed by atoms with Crippen molar-refractivity contribution in [2.24, 2.45) is 0 Å². The number of benzene rings is 1. The number of ether oxygens (including phenoxy) is 1. The molecule has 0 amide bonds. The van der Waals surface area contributed by atoms with Gasteiger partial charge in [0.25, 0.3) is 0 Å². The van der Waals surface area contributed by atoms with Gasteiger partial charge in [0.15, 0.2) is 0 Å². The molecule has 1 N–H and O–H groups in total. The van der Waals surface area contributed by atoms with E-state index in [1.807, 2.05) is 18.2 Å². The average Bonchev–Trinajstić information content (AvgIpc) is 2.75. The number of rotatable bonds is 8. The van der Waals surface area contributed by atoms with Crippen molar-refractivity contribution in [3.8, 4) is 0 Å². The zero-order chi connectivity index (χ0) is 18.8. The van der Waals surface area contributed by atoms with Crippen LogP contribution >= 0.6 is 0 Å². The molecule has 0 atom stereocenters. The normalized spacial score (nSPS) is 16.4. The molecule has 2 nitrogen and oxygen atoms in total. The Morgan fingerprint density at radius 2 is 2.00 bits per heavy atom. The largest absolute Gasteiger partial charge is 0.496 e. The quantitative estimate of drug-likeness (QED) is 0.548. The molecule has 0 saturated carbocycles. The number of hydrogen-bond donors (Lipinski definition) is 1. The number of allylic oxidation sites excluding steroid dienone is 5. The van der Waals surface area contributed by atoms with Gasteiger partial charge in [-0.1, -0.05) is 38.5 Å². The lowest BCUT2D eigenvalue weighted by Gasteiger charge is -2.17. The van der Waals surface area contributed by atoms with Crippen molar-refractivity contribution in [3.63, 3.8) is 0 Å². The number of anilines is 1. The molecule has 0 bridgehead atoms. The average molecular weight is 358 g/mol. The summed E-state index contributed by atoms with van der Waals surface area (Å²) < 4.78 is 20.3. The van der Waals surface area contributed by atoms with Crippen molar-refractivity contribution < 1.29 is 9.13 Å². The summed E-state index contributed by atoms with van der Waals surface area (Å²) in [4.78, 5) is 0. The van der Waals surface area contributed by atoms with E-state index in [9.17, 15) is 4.39 Å². The van der Waals surface area contributed by atoms with Crippen LogP contribution in [0.1, 0.15) is 64.4 Å². The molecular formula is C23H32FNO. The maximum absolute atomic E-state index is 14.6. The van der Waals surface area contributed by atoms with Crippen molar-refractivity contribution in [1.82, 2.24) is 0 Å². The van der Waals surface area contributed by atoms with Crippen LogP contribution in [-0.4, -0.2) is 13.7 Å².